The highest BCUT2D eigenvalue weighted by Gasteiger charge is 2.19. The van der Waals surface area contributed by atoms with Crippen LogP contribution in [0, 0.1) is 12.7 Å². The average molecular weight is 461 g/mol. The molecule has 0 fully saturated rings. The van der Waals surface area contributed by atoms with E-state index in [1.54, 1.807) is 19.1 Å². The third-order valence-electron chi connectivity index (χ3n) is 4.67. The summed E-state index contributed by atoms with van der Waals surface area (Å²) >= 11 is 6.82. The molecule has 10 heteroatoms. The van der Waals surface area contributed by atoms with E-state index in [0.717, 1.165) is 11.3 Å². The van der Waals surface area contributed by atoms with Crippen molar-refractivity contribution in [3.05, 3.63) is 78.9 Å². The normalized spacial score (nSPS) is 11.0. The molecule has 0 radical (unpaired) electrons. The lowest BCUT2D eigenvalue weighted by atomic mass is 10.00. The maximum atomic E-state index is 14.2. The van der Waals surface area contributed by atoms with Crippen LogP contribution < -0.4 is 10.4 Å². The summed E-state index contributed by atoms with van der Waals surface area (Å²) in [4.78, 5) is 32.3. The first-order valence-electron chi connectivity index (χ1n) is 8.94. The van der Waals surface area contributed by atoms with E-state index in [1.807, 2.05) is 0 Å². The van der Waals surface area contributed by atoms with Gasteiger partial charge in [-0.15, -0.1) is 11.3 Å². The smallest absolute Gasteiger partial charge is 0.353 e. The third-order valence-corrected chi connectivity index (χ3v) is 5.72. The molecule has 158 valence electrons. The molecule has 7 nitrogen and oxygen atoms in total. The van der Waals surface area contributed by atoms with Gasteiger partial charge in [-0.1, -0.05) is 11.6 Å². The standard InChI is InChI=1S/C21H14ClFN2O5S/c1-10-13-4-3-12(29-19-17(21(27)28-2)31-9-25-19)8-15(13)30-20(26)14(10)7-11-5-6-24-18(22)16(11)23/h3-6,8-9H,7H2,1-2H3. The molecular weight excluding hydrogens is 447 g/mol. The third kappa shape index (κ3) is 4.01. The van der Waals surface area contributed by atoms with Crippen LogP contribution in [0.15, 0.2) is 45.2 Å². The number of rotatable bonds is 5. The van der Waals surface area contributed by atoms with E-state index < -0.39 is 17.4 Å². The molecule has 0 aliphatic rings. The van der Waals surface area contributed by atoms with Gasteiger partial charge in [-0.3, -0.25) is 0 Å². The molecule has 0 bridgehead atoms. The molecule has 4 rings (SSSR count). The quantitative estimate of drug-likeness (QED) is 0.237. The number of carbonyl (C=O) groups is 1. The Bertz CT molecular complexity index is 1370. The van der Waals surface area contributed by atoms with Crippen molar-refractivity contribution >= 4 is 39.9 Å². The van der Waals surface area contributed by atoms with E-state index in [0.29, 0.717) is 22.3 Å². The molecule has 0 N–H and O–H groups in total. The van der Waals surface area contributed by atoms with Crippen LogP contribution in [0.3, 0.4) is 0 Å². The number of pyridine rings is 1. The first-order chi connectivity index (χ1) is 14.9. The largest absolute Gasteiger partial charge is 0.465 e. The molecule has 0 unspecified atom stereocenters. The second kappa shape index (κ2) is 8.44. The zero-order valence-electron chi connectivity index (χ0n) is 16.3. The number of methoxy groups -OCH3 is 1. The fourth-order valence-electron chi connectivity index (χ4n) is 3.07. The second-order valence-corrected chi connectivity index (χ2v) is 7.70. The number of benzene rings is 1. The maximum absolute atomic E-state index is 14.2. The Hall–Kier alpha value is -3.30. The Balaban J connectivity index is 1.70. The Morgan fingerprint density at radius 1 is 1.29 bits per heavy atom. The fraction of sp³-hybridized carbons (Fsp3) is 0.143. The van der Waals surface area contributed by atoms with Gasteiger partial charge in [0, 0.05) is 29.6 Å². The summed E-state index contributed by atoms with van der Waals surface area (Å²) in [6, 6.07) is 6.36. The zero-order valence-corrected chi connectivity index (χ0v) is 17.8. The SMILES string of the molecule is COC(=O)c1scnc1Oc1ccc2c(C)c(Cc3ccnc(Cl)c3F)c(=O)oc2c1. The number of aromatic nitrogens is 2. The summed E-state index contributed by atoms with van der Waals surface area (Å²) in [6.45, 7) is 1.76. The van der Waals surface area contributed by atoms with Crippen LogP contribution >= 0.6 is 22.9 Å². The van der Waals surface area contributed by atoms with E-state index in [1.165, 1.54) is 30.9 Å². The van der Waals surface area contributed by atoms with Crippen molar-refractivity contribution < 1.29 is 23.1 Å². The van der Waals surface area contributed by atoms with Gasteiger partial charge >= 0.3 is 11.6 Å². The highest BCUT2D eigenvalue weighted by molar-refractivity contribution is 7.12. The monoisotopic (exact) mass is 460 g/mol. The van der Waals surface area contributed by atoms with Crippen molar-refractivity contribution in [2.75, 3.05) is 7.11 Å². The fourth-order valence-corrected chi connectivity index (χ4v) is 3.88. The molecule has 31 heavy (non-hydrogen) atoms. The molecule has 0 aliphatic heterocycles. The minimum Gasteiger partial charge on any atom is -0.465 e. The Kier molecular flexibility index (Phi) is 5.71. The van der Waals surface area contributed by atoms with Gasteiger partial charge in [-0.25, -0.2) is 23.9 Å². The van der Waals surface area contributed by atoms with Crippen LogP contribution in [-0.2, 0) is 11.2 Å². The molecule has 0 aliphatic carbocycles. The number of esters is 1. The van der Waals surface area contributed by atoms with Gasteiger partial charge in [0.05, 0.1) is 12.6 Å². The minimum atomic E-state index is -0.670. The van der Waals surface area contributed by atoms with Gasteiger partial charge in [0.2, 0.25) is 5.88 Å². The summed E-state index contributed by atoms with van der Waals surface area (Å²) in [5.74, 6) is -0.812. The first-order valence-corrected chi connectivity index (χ1v) is 10.2. The maximum Gasteiger partial charge on any atom is 0.353 e. The summed E-state index contributed by atoms with van der Waals surface area (Å²) < 4.78 is 30.1. The number of carbonyl (C=O) groups excluding carboxylic acids is 1. The number of thiazole rings is 1. The second-order valence-electron chi connectivity index (χ2n) is 6.48. The molecule has 0 amide bonds. The van der Waals surface area contributed by atoms with Crippen LogP contribution in [0.2, 0.25) is 5.15 Å². The predicted molar refractivity (Wildman–Crippen MR) is 113 cm³/mol. The van der Waals surface area contributed by atoms with Crippen LogP contribution in [0.1, 0.15) is 26.4 Å². The van der Waals surface area contributed by atoms with Gasteiger partial charge in [-0.2, -0.15) is 0 Å². The molecule has 4 aromatic rings. The van der Waals surface area contributed by atoms with Crippen molar-refractivity contribution in [1.29, 1.82) is 0 Å². The van der Waals surface area contributed by atoms with Crippen molar-refractivity contribution in [1.82, 2.24) is 9.97 Å². The molecule has 0 atom stereocenters. The lowest BCUT2D eigenvalue weighted by molar-refractivity contribution is 0.0603. The van der Waals surface area contributed by atoms with E-state index in [2.05, 4.69) is 9.97 Å². The highest BCUT2D eigenvalue weighted by atomic mass is 35.5. The van der Waals surface area contributed by atoms with Crippen LogP contribution in [0.25, 0.3) is 11.0 Å². The van der Waals surface area contributed by atoms with E-state index in [4.69, 9.17) is 25.5 Å². The van der Waals surface area contributed by atoms with Crippen LogP contribution in [-0.4, -0.2) is 23.0 Å². The molecule has 0 saturated carbocycles. The lowest BCUT2D eigenvalue weighted by Crippen LogP contribution is -2.12. The number of ether oxygens (including phenoxy) is 2. The average Bonchev–Trinajstić information content (AvgIpc) is 3.21. The number of fused-ring (bicyclic) bond motifs is 1. The zero-order chi connectivity index (χ0) is 22.1. The summed E-state index contributed by atoms with van der Waals surface area (Å²) in [6.07, 6.45) is 1.39. The van der Waals surface area contributed by atoms with Crippen molar-refractivity contribution in [2.24, 2.45) is 0 Å². The van der Waals surface area contributed by atoms with Crippen molar-refractivity contribution in [3.63, 3.8) is 0 Å². The lowest BCUT2D eigenvalue weighted by Gasteiger charge is -2.10. The minimum absolute atomic E-state index is 0.0117. The summed E-state index contributed by atoms with van der Waals surface area (Å²) in [5.41, 5.74) is 2.35. The predicted octanol–water partition coefficient (Wildman–Crippen LogP) is 4.92. The van der Waals surface area contributed by atoms with Crippen molar-refractivity contribution in [3.8, 4) is 11.6 Å². The molecule has 0 saturated heterocycles. The van der Waals surface area contributed by atoms with Crippen LogP contribution in [0.5, 0.6) is 11.6 Å². The molecular formula is C21H14ClFN2O5S. The van der Waals surface area contributed by atoms with Gasteiger partial charge in [-0.05, 0) is 36.2 Å². The summed E-state index contributed by atoms with van der Waals surface area (Å²) in [7, 11) is 1.27. The molecule has 3 aromatic heterocycles. The molecule has 0 spiro atoms. The molecule has 3 heterocycles. The Morgan fingerprint density at radius 3 is 2.87 bits per heavy atom. The molecule has 1 aromatic carbocycles. The van der Waals surface area contributed by atoms with Crippen LogP contribution in [0.4, 0.5) is 4.39 Å². The first kappa shape index (κ1) is 21.0. The van der Waals surface area contributed by atoms with Gasteiger partial charge in [0.1, 0.15) is 11.3 Å². The van der Waals surface area contributed by atoms with Gasteiger partial charge < -0.3 is 13.9 Å². The number of hydrogen-bond donors (Lipinski definition) is 0. The van der Waals surface area contributed by atoms with Crippen molar-refractivity contribution in [2.45, 2.75) is 13.3 Å². The number of nitrogens with zero attached hydrogens (tertiary/aromatic N) is 2. The van der Waals surface area contributed by atoms with E-state index in [9.17, 15) is 14.0 Å². The highest BCUT2D eigenvalue weighted by Crippen LogP contribution is 2.31. The summed E-state index contributed by atoms with van der Waals surface area (Å²) in [5, 5.41) is 0.407. The topological polar surface area (TPSA) is 91.5 Å². The van der Waals surface area contributed by atoms with E-state index in [-0.39, 0.29) is 33.5 Å². The number of aryl methyl sites for hydroxylation is 1. The Morgan fingerprint density at radius 2 is 2.10 bits per heavy atom. The van der Waals surface area contributed by atoms with E-state index >= 15 is 0 Å². The number of hydrogen-bond acceptors (Lipinski definition) is 8. The Labute approximate surface area is 184 Å². The number of halogens is 2. The van der Waals surface area contributed by atoms with Gasteiger partial charge in [0.15, 0.2) is 15.8 Å². The van der Waals surface area contributed by atoms with Gasteiger partial charge in [0.25, 0.3) is 0 Å².